The van der Waals surface area contributed by atoms with Crippen molar-refractivity contribution in [3.05, 3.63) is 0 Å². The third-order valence-corrected chi connectivity index (χ3v) is 7.74. The van der Waals surface area contributed by atoms with Gasteiger partial charge in [0.15, 0.2) is 0 Å². The minimum atomic E-state index is -0.758. The zero-order valence-corrected chi connectivity index (χ0v) is 26.4. The summed E-state index contributed by atoms with van der Waals surface area (Å²) >= 11 is 0. The van der Waals surface area contributed by atoms with Crippen LogP contribution in [0.1, 0.15) is 155 Å². The third kappa shape index (κ3) is 26.4. The smallest absolute Gasteiger partial charge is 0.135 e. The van der Waals surface area contributed by atoms with E-state index in [9.17, 15) is 45.0 Å². The van der Waals surface area contributed by atoms with E-state index in [0.717, 1.165) is 44.9 Å². The molecule has 0 bridgehead atoms. The minimum Gasteiger partial charge on any atom is -0.393 e. The fraction of sp³-hybridized carbons (Fsp3) is 0.909. The first-order valence-electron chi connectivity index (χ1n) is 16.5. The highest BCUT2D eigenvalue weighted by atomic mass is 16.3. The number of ketones is 3. The van der Waals surface area contributed by atoms with Crippen molar-refractivity contribution < 1.29 is 45.0 Å². The molecular weight excluding hydrogens is 540 g/mol. The van der Waals surface area contributed by atoms with Crippen LogP contribution < -0.4 is 0 Å². The summed E-state index contributed by atoms with van der Waals surface area (Å²) in [5.41, 5.74) is 0. The molecule has 0 aliphatic heterocycles. The monoisotopic (exact) mass is 602 g/mol. The highest BCUT2D eigenvalue weighted by molar-refractivity contribution is 5.79. The molecule has 0 aromatic carbocycles. The molecule has 0 rings (SSSR count). The molecule has 0 aromatic heterocycles. The molecule has 0 radical (unpaired) electrons. The Kier molecular flexibility index (Phi) is 25.4. The quantitative estimate of drug-likeness (QED) is 0.0648. The van der Waals surface area contributed by atoms with Crippen LogP contribution in [0, 0.1) is 0 Å². The molecule has 6 unspecified atom stereocenters. The van der Waals surface area contributed by atoms with E-state index >= 15 is 0 Å². The first kappa shape index (κ1) is 40.8. The van der Waals surface area contributed by atoms with Crippen molar-refractivity contribution in [3.63, 3.8) is 0 Å². The molecular formula is C33H62O9. The Bertz CT molecular complexity index is 699. The minimum absolute atomic E-state index is 0.0138. The van der Waals surface area contributed by atoms with Gasteiger partial charge in [-0.3, -0.25) is 14.4 Å². The summed E-state index contributed by atoms with van der Waals surface area (Å²) in [4.78, 5) is 35.2. The molecule has 6 N–H and O–H groups in total. The molecule has 0 spiro atoms. The summed E-state index contributed by atoms with van der Waals surface area (Å²) < 4.78 is 0. The lowest BCUT2D eigenvalue weighted by atomic mass is 9.97. The molecule has 0 fully saturated rings. The lowest BCUT2D eigenvalue weighted by Crippen LogP contribution is -2.23. The number of hydrogen-bond donors (Lipinski definition) is 6. The van der Waals surface area contributed by atoms with Gasteiger partial charge < -0.3 is 30.6 Å². The molecule has 248 valence electrons. The Morgan fingerprint density at radius 1 is 0.452 bits per heavy atom. The van der Waals surface area contributed by atoms with Gasteiger partial charge in [-0.15, -0.1) is 0 Å². The number of hydrogen-bond acceptors (Lipinski definition) is 9. The van der Waals surface area contributed by atoms with Gasteiger partial charge in [0, 0.05) is 32.1 Å². The Balaban J connectivity index is 3.79. The van der Waals surface area contributed by atoms with E-state index in [0.29, 0.717) is 64.2 Å². The summed E-state index contributed by atoms with van der Waals surface area (Å²) in [7, 11) is 0. The summed E-state index contributed by atoms with van der Waals surface area (Å²) in [5, 5.41) is 60.2. The Hall–Kier alpha value is -1.23. The maximum absolute atomic E-state index is 12.2. The predicted octanol–water partition coefficient (Wildman–Crippen LogP) is 4.48. The van der Waals surface area contributed by atoms with Crippen molar-refractivity contribution >= 4 is 17.3 Å². The fourth-order valence-electron chi connectivity index (χ4n) is 5.30. The van der Waals surface area contributed by atoms with Crippen molar-refractivity contribution in [2.45, 2.75) is 192 Å². The zero-order chi connectivity index (χ0) is 31.8. The van der Waals surface area contributed by atoms with E-state index < -0.39 is 36.6 Å². The van der Waals surface area contributed by atoms with Crippen molar-refractivity contribution in [2.75, 3.05) is 0 Å². The fourth-order valence-corrected chi connectivity index (χ4v) is 5.30. The Morgan fingerprint density at radius 2 is 0.833 bits per heavy atom. The molecule has 9 heteroatoms. The van der Waals surface area contributed by atoms with Crippen molar-refractivity contribution in [3.8, 4) is 0 Å². The number of carbonyl (C=O) groups is 3. The van der Waals surface area contributed by atoms with Crippen LogP contribution >= 0.6 is 0 Å². The average molecular weight is 603 g/mol. The normalized spacial score (nSPS) is 16.0. The SMILES string of the molecule is CCCCCC(O)CC(O)CC(O)CCCC(O)CC(=O)CCCCCC(O)CC(=O)CCCCCC(O)CC(C)=O. The van der Waals surface area contributed by atoms with Gasteiger partial charge in [0.1, 0.15) is 17.3 Å². The van der Waals surface area contributed by atoms with Crippen molar-refractivity contribution in [1.29, 1.82) is 0 Å². The summed E-state index contributed by atoms with van der Waals surface area (Å²) in [5.74, 6) is -0.0201. The number of aliphatic hydroxyl groups excluding tert-OH is 6. The molecule has 9 nitrogen and oxygen atoms in total. The van der Waals surface area contributed by atoms with Crippen LogP contribution in [-0.2, 0) is 14.4 Å². The highest BCUT2D eigenvalue weighted by Gasteiger charge is 2.17. The topological polar surface area (TPSA) is 173 Å². The van der Waals surface area contributed by atoms with Gasteiger partial charge >= 0.3 is 0 Å². The number of aliphatic hydroxyl groups is 6. The molecule has 42 heavy (non-hydrogen) atoms. The van der Waals surface area contributed by atoms with Gasteiger partial charge in [-0.25, -0.2) is 0 Å². The number of Topliss-reactive ketones (excluding diaryl/α,β-unsaturated/α-hetero) is 3. The standard InChI is InChI=1S/C33H62O9/c1-3-4-7-13-30(39)23-33(42)24-32(41)19-12-18-31(40)22-29(38)17-11-6-10-16-28(37)21-27(36)15-9-5-8-14-26(35)20-25(2)34/h26,28,30-33,35,37,39-42H,3-24H2,1-2H3. The first-order chi connectivity index (χ1) is 19.9. The summed E-state index contributed by atoms with van der Waals surface area (Å²) in [6.07, 6.45) is 8.11. The van der Waals surface area contributed by atoms with Gasteiger partial charge in [0.25, 0.3) is 0 Å². The Labute approximate surface area is 254 Å². The largest absolute Gasteiger partial charge is 0.393 e. The van der Waals surface area contributed by atoms with Crippen LogP contribution in [0.15, 0.2) is 0 Å². The molecule has 0 amide bonds. The van der Waals surface area contributed by atoms with E-state index in [1.165, 1.54) is 6.92 Å². The van der Waals surface area contributed by atoms with Gasteiger partial charge in [-0.2, -0.15) is 0 Å². The van der Waals surface area contributed by atoms with E-state index in [-0.39, 0.29) is 49.5 Å². The number of unbranched alkanes of at least 4 members (excludes halogenated alkanes) is 6. The van der Waals surface area contributed by atoms with E-state index in [1.54, 1.807) is 0 Å². The van der Waals surface area contributed by atoms with Gasteiger partial charge in [-0.1, -0.05) is 51.9 Å². The van der Waals surface area contributed by atoms with Crippen LogP contribution in [0.2, 0.25) is 0 Å². The van der Waals surface area contributed by atoms with Crippen LogP contribution in [0.4, 0.5) is 0 Å². The summed E-state index contributed by atoms with van der Waals surface area (Å²) in [6, 6.07) is 0. The van der Waals surface area contributed by atoms with Crippen molar-refractivity contribution in [2.24, 2.45) is 0 Å². The summed E-state index contributed by atoms with van der Waals surface area (Å²) in [6.45, 7) is 3.55. The zero-order valence-electron chi connectivity index (χ0n) is 26.4. The van der Waals surface area contributed by atoms with Crippen molar-refractivity contribution in [1.82, 2.24) is 0 Å². The molecule has 0 aliphatic rings. The second-order valence-electron chi connectivity index (χ2n) is 12.4. The second-order valence-corrected chi connectivity index (χ2v) is 12.4. The van der Waals surface area contributed by atoms with Gasteiger partial charge in [0.05, 0.1) is 36.6 Å². The highest BCUT2D eigenvalue weighted by Crippen LogP contribution is 2.17. The van der Waals surface area contributed by atoms with Gasteiger partial charge in [-0.05, 0) is 71.1 Å². The maximum atomic E-state index is 12.2. The average Bonchev–Trinajstić information content (AvgIpc) is 2.87. The van der Waals surface area contributed by atoms with Crippen LogP contribution in [0.25, 0.3) is 0 Å². The van der Waals surface area contributed by atoms with E-state index in [1.807, 2.05) is 0 Å². The number of carbonyl (C=O) groups excluding carboxylic acids is 3. The predicted molar refractivity (Wildman–Crippen MR) is 164 cm³/mol. The van der Waals surface area contributed by atoms with Crippen LogP contribution in [0.3, 0.4) is 0 Å². The maximum Gasteiger partial charge on any atom is 0.135 e. The molecule has 0 saturated heterocycles. The van der Waals surface area contributed by atoms with Crippen LogP contribution in [0.5, 0.6) is 0 Å². The Morgan fingerprint density at radius 3 is 1.29 bits per heavy atom. The molecule has 6 atom stereocenters. The lowest BCUT2D eigenvalue weighted by Gasteiger charge is -2.19. The molecule has 0 saturated carbocycles. The molecule has 0 heterocycles. The van der Waals surface area contributed by atoms with Crippen LogP contribution in [-0.4, -0.2) is 84.6 Å². The van der Waals surface area contributed by atoms with E-state index in [4.69, 9.17) is 0 Å². The molecule has 0 aromatic rings. The number of rotatable bonds is 30. The first-order valence-corrected chi connectivity index (χ1v) is 16.5. The van der Waals surface area contributed by atoms with E-state index in [2.05, 4.69) is 6.92 Å². The molecule has 0 aliphatic carbocycles. The lowest BCUT2D eigenvalue weighted by molar-refractivity contribution is -0.121. The third-order valence-electron chi connectivity index (χ3n) is 7.74. The second kappa shape index (κ2) is 26.2. The van der Waals surface area contributed by atoms with Gasteiger partial charge in [0.2, 0.25) is 0 Å².